The minimum absolute atomic E-state index is 0.186. The van der Waals surface area contributed by atoms with Crippen LogP contribution in [0.15, 0.2) is 18.3 Å². The Morgan fingerprint density at radius 3 is 3.18 bits per heavy atom. The number of hydrogen-bond donors (Lipinski definition) is 2. The van der Waals surface area contributed by atoms with Gasteiger partial charge in [-0.3, -0.25) is 4.79 Å². The lowest BCUT2D eigenvalue weighted by atomic mass is 10.2. The predicted octanol–water partition coefficient (Wildman–Crippen LogP) is 1.27. The SMILES string of the molecule is CCCn1cccc1CNCC1CCC(=O)N1. The van der Waals surface area contributed by atoms with Crippen molar-refractivity contribution < 1.29 is 4.79 Å². The lowest BCUT2D eigenvalue weighted by Gasteiger charge is -2.12. The average Bonchev–Trinajstić information content (AvgIpc) is 2.90. The quantitative estimate of drug-likeness (QED) is 0.780. The van der Waals surface area contributed by atoms with Crippen molar-refractivity contribution in [2.45, 2.75) is 45.3 Å². The largest absolute Gasteiger partial charge is 0.352 e. The van der Waals surface area contributed by atoms with Gasteiger partial charge in [0.1, 0.15) is 0 Å². The molecule has 1 aliphatic rings. The summed E-state index contributed by atoms with van der Waals surface area (Å²) in [5.41, 5.74) is 1.32. The van der Waals surface area contributed by atoms with Crippen molar-refractivity contribution in [3.63, 3.8) is 0 Å². The van der Waals surface area contributed by atoms with Crippen molar-refractivity contribution in [3.05, 3.63) is 24.0 Å². The zero-order valence-corrected chi connectivity index (χ0v) is 10.4. The summed E-state index contributed by atoms with van der Waals surface area (Å²) in [5, 5.41) is 6.38. The smallest absolute Gasteiger partial charge is 0.220 e. The van der Waals surface area contributed by atoms with Gasteiger partial charge in [-0.15, -0.1) is 0 Å². The molecule has 2 N–H and O–H groups in total. The summed E-state index contributed by atoms with van der Waals surface area (Å²) >= 11 is 0. The van der Waals surface area contributed by atoms with Gasteiger partial charge in [-0.25, -0.2) is 0 Å². The highest BCUT2D eigenvalue weighted by Gasteiger charge is 2.19. The van der Waals surface area contributed by atoms with Crippen molar-refractivity contribution in [2.75, 3.05) is 6.54 Å². The summed E-state index contributed by atoms with van der Waals surface area (Å²) < 4.78 is 2.28. The maximum absolute atomic E-state index is 11.0. The normalized spacial score (nSPS) is 19.6. The third-order valence-electron chi connectivity index (χ3n) is 3.17. The van der Waals surface area contributed by atoms with E-state index in [1.807, 2.05) is 0 Å². The number of aryl methyl sites for hydroxylation is 1. The number of carbonyl (C=O) groups excluding carboxylic acids is 1. The summed E-state index contributed by atoms with van der Waals surface area (Å²) in [6.07, 6.45) is 4.92. The number of amides is 1. The third-order valence-corrected chi connectivity index (χ3v) is 3.17. The fourth-order valence-electron chi connectivity index (χ4n) is 2.27. The molecule has 2 heterocycles. The first-order valence-electron chi connectivity index (χ1n) is 6.43. The van der Waals surface area contributed by atoms with Crippen LogP contribution < -0.4 is 10.6 Å². The topological polar surface area (TPSA) is 46.1 Å². The molecule has 0 bridgehead atoms. The van der Waals surface area contributed by atoms with Gasteiger partial charge in [0, 0.05) is 44.0 Å². The van der Waals surface area contributed by atoms with Gasteiger partial charge < -0.3 is 15.2 Å². The van der Waals surface area contributed by atoms with Crippen LogP contribution in [0.2, 0.25) is 0 Å². The van der Waals surface area contributed by atoms with E-state index in [4.69, 9.17) is 0 Å². The van der Waals surface area contributed by atoms with Crippen LogP contribution in [0.1, 0.15) is 31.9 Å². The zero-order valence-electron chi connectivity index (χ0n) is 10.4. The van der Waals surface area contributed by atoms with Crippen molar-refractivity contribution in [3.8, 4) is 0 Å². The Hall–Kier alpha value is -1.29. The minimum atomic E-state index is 0.186. The fraction of sp³-hybridized carbons (Fsp3) is 0.615. The van der Waals surface area contributed by atoms with E-state index in [9.17, 15) is 4.79 Å². The minimum Gasteiger partial charge on any atom is -0.352 e. The highest BCUT2D eigenvalue weighted by Crippen LogP contribution is 2.06. The third kappa shape index (κ3) is 3.33. The zero-order chi connectivity index (χ0) is 12.1. The molecule has 1 aromatic heterocycles. The van der Waals surface area contributed by atoms with E-state index in [1.165, 1.54) is 5.69 Å². The number of rotatable bonds is 6. The number of hydrogen-bond acceptors (Lipinski definition) is 2. The molecule has 1 saturated heterocycles. The van der Waals surface area contributed by atoms with Crippen molar-refractivity contribution >= 4 is 5.91 Å². The van der Waals surface area contributed by atoms with Gasteiger partial charge >= 0.3 is 0 Å². The van der Waals surface area contributed by atoms with E-state index >= 15 is 0 Å². The second kappa shape index (κ2) is 5.87. The Morgan fingerprint density at radius 1 is 1.59 bits per heavy atom. The van der Waals surface area contributed by atoms with Crippen LogP contribution in [0.3, 0.4) is 0 Å². The van der Waals surface area contributed by atoms with Crippen molar-refractivity contribution in [1.82, 2.24) is 15.2 Å². The van der Waals surface area contributed by atoms with Crippen molar-refractivity contribution in [1.29, 1.82) is 0 Å². The van der Waals surface area contributed by atoms with E-state index in [0.717, 1.165) is 32.5 Å². The molecular weight excluding hydrogens is 214 g/mol. The molecule has 2 rings (SSSR count). The second-order valence-corrected chi connectivity index (χ2v) is 4.63. The molecule has 1 atom stereocenters. The Balaban J connectivity index is 1.74. The summed E-state index contributed by atoms with van der Waals surface area (Å²) in [4.78, 5) is 11.0. The Morgan fingerprint density at radius 2 is 2.47 bits per heavy atom. The molecule has 17 heavy (non-hydrogen) atoms. The molecule has 0 radical (unpaired) electrons. The summed E-state index contributed by atoms with van der Waals surface area (Å²) in [6, 6.07) is 4.55. The molecule has 1 amide bonds. The van der Waals surface area contributed by atoms with Gasteiger partial charge in [0.2, 0.25) is 5.91 Å². The molecule has 4 heteroatoms. The molecule has 1 fully saturated rings. The van der Waals surface area contributed by atoms with E-state index < -0.39 is 0 Å². The van der Waals surface area contributed by atoms with Crippen molar-refractivity contribution in [2.24, 2.45) is 0 Å². The maximum Gasteiger partial charge on any atom is 0.220 e. The van der Waals surface area contributed by atoms with E-state index in [0.29, 0.717) is 12.5 Å². The molecule has 1 aromatic rings. The van der Waals surface area contributed by atoms with Gasteiger partial charge in [-0.1, -0.05) is 6.92 Å². The Labute approximate surface area is 102 Å². The first-order valence-corrected chi connectivity index (χ1v) is 6.43. The predicted molar refractivity (Wildman–Crippen MR) is 67.6 cm³/mol. The van der Waals surface area contributed by atoms with E-state index in [1.54, 1.807) is 0 Å². The monoisotopic (exact) mass is 235 g/mol. The lowest BCUT2D eigenvalue weighted by molar-refractivity contribution is -0.119. The first-order chi connectivity index (χ1) is 8.29. The van der Waals surface area contributed by atoms with Gasteiger partial charge in [-0.05, 0) is 25.0 Å². The van der Waals surface area contributed by atoms with Crippen LogP contribution in [0.25, 0.3) is 0 Å². The first kappa shape index (κ1) is 12.2. The second-order valence-electron chi connectivity index (χ2n) is 4.63. The number of nitrogens with zero attached hydrogens (tertiary/aromatic N) is 1. The van der Waals surface area contributed by atoms with Crippen LogP contribution in [0.4, 0.5) is 0 Å². The molecule has 4 nitrogen and oxygen atoms in total. The van der Waals surface area contributed by atoms with E-state index in [2.05, 4.69) is 40.5 Å². The molecule has 1 unspecified atom stereocenters. The molecule has 0 saturated carbocycles. The maximum atomic E-state index is 11.0. The summed E-state index contributed by atoms with van der Waals surface area (Å²) in [7, 11) is 0. The van der Waals surface area contributed by atoms with Crippen LogP contribution >= 0.6 is 0 Å². The van der Waals surface area contributed by atoms with Crippen LogP contribution in [0, 0.1) is 0 Å². The highest BCUT2D eigenvalue weighted by atomic mass is 16.1. The highest BCUT2D eigenvalue weighted by molar-refractivity contribution is 5.78. The fourth-order valence-corrected chi connectivity index (χ4v) is 2.27. The number of carbonyl (C=O) groups is 1. The standard InChI is InChI=1S/C13H21N3O/c1-2-7-16-8-3-4-12(16)10-14-9-11-5-6-13(17)15-11/h3-4,8,11,14H,2,5-7,9-10H2,1H3,(H,15,17). The summed E-state index contributed by atoms with van der Waals surface area (Å²) in [6.45, 7) is 5.00. The van der Waals surface area contributed by atoms with Gasteiger partial charge in [0.25, 0.3) is 0 Å². The molecule has 0 aromatic carbocycles. The number of aromatic nitrogens is 1. The van der Waals surface area contributed by atoms with Crippen LogP contribution in [-0.4, -0.2) is 23.1 Å². The molecular formula is C13H21N3O. The molecule has 0 spiro atoms. The van der Waals surface area contributed by atoms with Crippen LogP contribution in [-0.2, 0) is 17.9 Å². The molecule has 0 aliphatic carbocycles. The Bertz CT molecular complexity index is 372. The van der Waals surface area contributed by atoms with Crippen LogP contribution in [0.5, 0.6) is 0 Å². The Kier molecular flexibility index (Phi) is 4.20. The average molecular weight is 235 g/mol. The van der Waals surface area contributed by atoms with Gasteiger partial charge in [0.05, 0.1) is 0 Å². The number of nitrogens with one attached hydrogen (secondary N) is 2. The summed E-state index contributed by atoms with van der Waals surface area (Å²) in [5.74, 6) is 0.186. The lowest BCUT2D eigenvalue weighted by Crippen LogP contribution is -2.35. The molecule has 94 valence electrons. The molecule has 1 aliphatic heterocycles. The van der Waals surface area contributed by atoms with Gasteiger partial charge in [0.15, 0.2) is 0 Å². The van der Waals surface area contributed by atoms with E-state index in [-0.39, 0.29) is 5.91 Å². The van der Waals surface area contributed by atoms with Gasteiger partial charge in [-0.2, -0.15) is 0 Å².